The van der Waals surface area contributed by atoms with Crippen LogP contribution in [0, 0.1) is 0 Å². The molecular formula is C28H40N4O4. The minimum Gasteiger partial charge on any atom is -0.494 e. The number of hydrogen-bond donors (Lipinski definition) is 1. The molecule has 36 heavy (non-hydrogen) atoms. The molecule has 2 heterocycles. The van der Waals surface area contributed by atoms with E-state index in [0.717, 1.165) is 37.0 Å². The van der Waals surface area contributed by atoms with Gasteiger partial charge in [-0.15, -0.1) is 0 Å². The molecule has 1 atom stereocenters. The summed E-state index contributed by atoms with van der Waals surface area (Å²) in [6.07, 6.45) is 6.25. The minimum absolute atomic E-state index is 0.101. The third-order valence-electron chi connectivity index (χ3n) is 7.17. The fraction of sp³-hybridized carbons (Fsp3) is 0.607. The Bertz CT molecular complexity index is 1040. The zero-order valence-corrected chi connectivity index (χ0v) is 22.1. The average molecular weight is 497 g/mol. The van der Waals surface area contributed by atoms with Gasteiger partial charge in [0.2, 0.25) is 5.91 Å². The molecule has 1 aliphatic heterocycles. The number of nitrogens with one attached hydrogen (secondary N) is 1. The Morgan fingerprint density at radius 1 is 1.19 bits per heavy atom. The molecule has 1 saturated carbocycles. The number of benzene rings is 1. The maximum absolute atomic E-state index is 13.8. The van der Waals surface area contributed by atoms with E-state index in [4.69, 9.17) is 14.6 Å². The van der Waals surface area contributed by atoms with Gasteiger partial charge in [0.05, 0.1) is 24.9 Å². The van der Waals surface area contributed by atoms with Crippen molar-refractivity contribution in [2.24, 2.45) is 0 Å². The van der Waals surface area contributed by atoms with Gasteiger partial charge >= 0.3 is 0 Å². The topological polar surface area (TPSA) is 85.7 Å². The fourth-order valence-electron chi connectivity index (χ4n) is 5.15. The van der Waals surface area contributed by atoms with Crippen LogP contribution in [0.2, 0.25) is 0 Å². The van der Waals surface area contributed by atoms with E-state index in [0.29, 0.717) is 44.1 Å². The van der Waals surface area contributed by atoms with Crippen LogP contribution in [0.3, 0.4) is 0 Å². The first-order chi connectivity index (χ1) is 17.3. The first-order valence-corrected chi connectivity index (χ1v) is 13.4. The van der Waals surface area contributed by atoms with E-state index < -0.39 is 5.54 Å². The van der Waals surface area contributed by atoms with Crippen LogP contribution in [-0.4, -0.2) is 63.9 Å². The molecule has 0 spiro atoms. The highest BCUT2D eigenvalue weighted by molar-refractivity contribution is 6.00. The summed E-state index contributed by atoms with van der Waals surface area (Å²) in [7, 11) is 0. The van der Waals surface area contributed by atoms with E-state index in [1.165, 1.54) is 6.42 Å². The Balaban J connectivity index is 1.59. The summed E-state index contributed by atoms with van der Waals surface area (Å²) in [6.45, 7) is 9.71. The number of amides is 2. The zero-order chi connectivity index (χ0) is 25.7. The van der Waals surface area contributed by atoms with Crippen molar-refractivity contribution < 1.29 is 19.1 Å². The van der Waals surface area contributed by atoms with E-state index in [2.05, 4.69) is 5.32 Å². The Labute approximate surface area is 214 Å². The second-order valence-electron chi connectivity index (χ2n) is 10.3. The molecule has 1 aliphatic carbocycles. The van der Waals surface area contributed by atoms with E-state index in [1.807, 2.05) is 58.0 Å². The smallest absolute Gasteiger partial charge is 0.273 e. The Morgan fingerprint density at radius 2 is 1.92 bits per heavy atom. The molecule has 2 aromatic rings. The van der Waals surface area contributed by atoms with Crippen LogP contribution >= 0.6 is 0 Å². The lowest BCUT2D eigenvalue weighted by atomic mass is 9.91. The van der Waals surface area contributed by atoms with E-state index >= 15 is 0 Å². The number of carbonyl (C=O) groups excluding carboxylic acids is 2. The number of nitrogens with zero attached hydrogens (tertiary/aromatic N) is 3. The third kappa shape index (κ3) is 5.75. The van der Waals surface area contributed by atoms with Crippen molar-refractivity contribution in [1.82, 2.24) is 20.0 Å². The van der Waals surface area contributed by atoms with E-state index in [1.54, 1.807) is 9.58 Å². The molecule has 0 radical (unpaired) electrons. The van der Waals surface area contributed by atoms with Crippen molar-refractivity contribution in [2.45, 2.75) is 90.4 Å². The third-order valence-corrected chi connectivity index (χ3v) is 7.17. The summed E-state index contributed by atoms with van der Waals surface area (Å²) in [5.74, 6) is 0.524. The van der Waals surface area contributed by atoms with Gasteiger partial charge in [-0.2, -0.15) is 5.10 Å². The van der Waals surface area contributed by atoms with Crippen LogP contribution < -0.4 is 10.1 Å². The maximum atomic E-state index is 13.8. The normalized spacial score (nSPS) is 20.5. The summed E-state index contributed by atoms with van der Waals surface area (Å²) in [5, 5.41) is 8.01. The van der Waals surface area contributed by atoms with Crippen LogP contribution in [0.1, 0.15) is 76.7 Å². The van der Waals surface area contributed by atoms with Gasteiger partial charge in [-0.1, -0.05) is 19.3 Å². The summed E-state index contributed by atoms with van der Waals surface area (Å²) >= 11 is 0. The number of rotatable bonds is 10. The molecule has 1 unspecified atom stereocenters. The van der Waals surface area contributed by atoms with Crippen molar-refractivity contribution in [3.05, 3.63) is 36.0 Å². The number of aromatic nitrogens is 2. The highest BCUT2D eigenvalue weighted by Gasteiger charge is 2.48. The van der Waals surface area contributed by atoms with E-state index in [-0.39, 0.29) is 24.0 Å². The van der Waals surface area contributed by atoms with Gasteiger partial charge in [0.1, 0.15) is 17.0 Å². The Hall–Kier alpha value is -2.87. The van der Waals surface area contributed by atoms with Crippen molar-refractivity contribution in [3.8, 4) is 17.0 Å². The molecule has 1 aromatic carbocycles. The maximum Gasteiger partial charge on any atom is 0.273 e. The summed E-state index contributed by atoms with van der Waals surface area (Å²) in [4.78, 5) is 29.2. The van der Waals surface area contributed by atoms with Crippen LogP contribution in [-0.2, 0) is 16.1 Å². The Kier molecular flexibility index (Phi) is 8.34. The molecule has 0 saturated heterocycles. The van der Waals surface area contributed by atoms with Crippen molar-refractivity contribution in [2.75, 3.05) is 19.8 Å². The van der Waals surface area contributed by atoms with Crippen LogP contribution in [0.25, 0.3) is 11.3 Å². The number of carbonyl (C=O) groups is 2. The van der Waals surface area contributed by atoms with Crippen molar-refractivity contribution in [3.63, 3.8) is 0 Å². The standard InChI is InChI=1S/C28H40N4O4/c1-5-35-23-14-12-21(13-15-23)24-18-25-26(33)31(16-9-17-36-20(2)3)28(4,19-32(25)30-24)27(34)29-22-10-7-6-8-11-22/h12-15,18,20,22H,5-11,16-17,19H2,1-4H3,(H,29,34). The van der Waals surface area contributed by atoms with Crippen molar-refractivity contribution >= 4 is 11.8 Å². The fourth-order valence-corrected chi connectivity index (χ4v) is 5.15. The highest BCUT2D eigenvalue weighted by Crippen LogP contribution is 2.31. The second kappa shape index (κ2) is 11.5. The lowest BCUT2D eigenvalue weighted by Crippen LogP contribution is -2.65. The van der Waals surface area contributed by atoms with Crippen LogP contribution in [0.4, 0.5) is 0 Å². The predicted octanol–water partition coefficient (Wildman–Crippen LogP) is 4.43. The molecule has 8 nitrogen and oxygen atoms in total. The van der Waals surface area contributed by atoms with Crippen LogP contribution in [0.15, 0.2) is 30.3 Å². The first-order valence-electron chi connectivity index (χ1n) is 13.4. The van der Waals surface area contributed by atoms with Gasteiger partial charge in [0.15, 0.2) is 0 Å². The summed E-state index contributed by atoms with van der Waals surface area (Å²) < 4.78 is 13.0. The summed E-state index contributed by atoms with van der Waals surface area (Å²) in [6, 6.07) is 9.69. The van der Waals surface area contributed by atoms with Crippen LogP contribution in [0.5, 0.6) is 5.75 Å². The van der Waals surface area contributed by atoms with Gasteiger partial charge in [-0.3, -0.25) is 14.3 Å². The molecule has 2 amide bonds. The Morgan fingerprint density at radius 3 is 2.58 bits per heavy atom. The lowest BCUT2D eigenvalue weighted by molar-refractivity contribution is -0.134. The van der Waals surface area contributed by atoms with Gasteiger partial charge in [-0.25, -0.2) is 0 Å². The zero-order valence-electron chi connectivity index (χ0n) is 22.1. The molecular weight excluding hydrogens is 456 g/mol. The number of ether oxygens (including phenoxy) is 2. The van der Waals surface area contributed by atoms with Crippen molar-refractivity contribution in [1.29, 1.82) is 0 Å². The second-order valence-corrected chi connectivity index (χ2v) is 10.3. The summed E-state index contributed by atoms with van der Waals surface area (Å²) in [5.41, 5.74) is 1.09. The predicted molar refractivity (Wildman–Crippen MR) is 139 cm³/mol. The minimum atomic E-state index is -1.03. The average Bonchev–Trinajstić information content (AvgIpc) is 3.28. The van der Waals surface area contributed by atoms with E-state index in [9.17, 15) is 9.59 Å². The number of hydrogen-bond acceptors (Lipinski definition) is 5. The molecule has 4 rings (SSSR count). The largest absolute Gasteiger partial charge is 0.494 e. The molecule has 8 heteroatoms. The lowest BCUT2D eigenvalue weighted by Gasteiger charge is -2.44. The highest BCUT2D eigenvalue weighted by atomic mass is 16.5. The number of fused-ring (bicyclic) bond motifs is 1. The molecule has 196 valence electrons. The SMILES string of the molecule is CCOc1ccc(-c2cc3n(n2)CC(C)(C(=O)NC2CCCCC2)N(CCCOC(C)C)C3=O)cc1. The molecule has 1 N–H and O–H groups in total. The van der Waals surface area contributed by atoms with Gasteiger partial charge in [0, 0.05) is 24.8 Å². The quantitative estimate of drug-likeness (QED) is 0.492. The van der Waals surface area contributed by atoms with Gasteiger partial charge < -0.3 is 19.7 Å². The first kappa shape index (κ1) is 26.2. The molecule has 2 aliphatic rings. The molecule has 0 bridgehead atoms. The monoisotopic (exact) mass is 496 g/mol. The van der Waals surface area contributed by atoms with Gasteiger partial charge in [-0.05, 0) is 77.3 Å². The van der Waals surface area contributed by atoms with Gasteiger partial charge in [0.25, 0.3) is 5.91 Å². The molecule has 1 fully saturated rings. The molecule has 1 aromatic heterocycles.